The zero-order valence-electron chi connectivity index (χ0n) is 28.0. The lowest BCUT2D eigenvalue weighted by molar-refractivity contribution is -0.137. The van der Waals surface area contributed by atoms with E-state index in [0.29, 0.717) is 46.7 Å². The Morgan fingerprint density at radius 3 is 2.07 bits per heavy atom. The number of pyridine rings is 1. The number of phenolic OH excluding ortho intramolecular Hbond substituents is 1. The molecule has 3 aromatic rings. The summed E-state index contributed by atoms with van der Waals surface area (Å²) >= 11 is 0. The number of rotatable bonds is 18. The third-order valence-corrected chi connectivity index (χ3v) is 8.17. The van der Waals surface area contributed by atoms with Gasteiger partial charge in [-0.25, -0.2) is 4.98 Å². The molecule has 0 saturated heterocycles. The molecule has 3 N–H and O–H groups in total. The number of phenols is 1. The average Bonchev–Trinajstić information content (AvgIpc) is 3.06. The monoisotopic (exact) mass is 629 g/mol. The predicted molar refractivity (Wildman–Crippen MR) is 188 cm³/mol. The molecule has 0 aliphatic carbocycles. The molecule has 3 amide bonds. The molecular weight excluding hydrogens is 578 g/mol. The Labute approximate surface area is 274 Å². The topological polar surface area (TPSA) is 115 Å². The van der Waals surface area contributed by atoms with Crippen molar-refractivity contribution in [3.05, 3.63) is 66.5 Å². The number of hydrogen-bond donors (Lipinski definition) is 3. The van der Waals surface area contributed by atoms with E-state index in [4.69, 9.17) is 4.98 Å². The average molecular weight is 630 g/mol. The van der Waals surface area contributed by atoms with Gasteiger partial charge >= 0.3 is 11.8 Å². The number of unbranched alkanes of at least 4 members (excludes halogenated alkanes) is 9. The largest absolute Gasteiger partial charge is 0.506 e. The van der Waals surface area contributed by atoms with Gasteiger partial charge < -0.3 is 20.6 Å². The number of aromatic nitrogens is 1. The number of benzene rings is 2. The lowest BCUT2D eigenvalue weighted by atomic mass is 10.0. The molecule has 1 aromatic heterocycles. The standard InChI is InChI=1S/C37H51N5O4/c1-6-10-11-12-13-14-15-16-17-20-25-39-35(44)30-26-32(28-21-18-19-22-29(28)34(30)43)42(37(46)36(45)38-7-2)31-23-24-33(40-27(31)5)41(8-3)9-4/h8,18-19,21-24,26,43H,3,6-7,9-17,20,25H2,1-2,4-5H3,(H,38,45)(H,39,44). The number of aromatic hydroxyl groups is 1. The van der Waals surface area contributed by atoms with Crippen molar-refractivity contribution in [2.24, 2.45) is 0 Å². The SMILES string of the molecule is C=CN(CC)c1ccc(N(C(=O)C(=O)NCC)c2cc(C(=O)NCCCCCCCCCCCC)c(O)c3ccccc23)c(C)n1. The normalized spacial score (nSPS) is 10.9. The summed E-state index contributed by atoms with van der Waals surface area (Å²) in [5.41, 5.74) is 1.20. The number of aryl methyl sites for hydroxylation is 1. The molecule has 0 aliphatic heterocycles. The van der Waals surface area contributed by atoms with Gasteiger partial charge in [0.15, 0.2) is 0 Å². The van der Waals surface area contributed by atoms with E-state index in [0.717, 1.165) is 19.3 Å². The van der Waals surface area contributed by atoms with E-state index in [1.165, 1.54) is 55.9 Å². The minimum atomic E-state index is -0.830. The molecule has 1 heterocycles. The van der Waals surface area contributed by atoms with Crippen LogP contribution in [-0.2, 0) is 9.59 Å². The Balaban J connectivity index is 1.90. The number of carbonyl (C=O) groups excluding carboxylic acids is 3. The summed E-state index contributed by atoms with van der Waals surface area (Å²) in [4.78, 5) is 48.1. The summed E-state index contributed by atoms with van der Waals surface area (Å²) in [5.74, 6) is -1.60. The first-order chi connectivity index (χ1) is 22.3. The van der Waals surface area contributed by atoms with Crippen LogP contribution in [0.3, 0.4) is 0 Å². The first-order valence-electron chi connectivity index (χ1n) is 16.8. The van der Waals surface area contributed by atoms with Gasteiger partial charge in [-0.05, 0) is 51.6 Å². The quantitative estimate of drug-likeness (QED) is 0.0983. The van der Waals surface area contributed by atoms with Crippen LogP contribution in [0.5, 0.6) is 5.75 Å². The molecule has 9 nitrogen and oxygen atoms in total. The third kappa shape index (κ3) is 9.31. The highest BCUT2D eigenvalue weighted by Gasteiger charge is 2.30. The number of hydrogen-bond acceptors (Lipinski definition) is 6. The Morgan fingerprint density at radius 2 is 1.48 bits per heavy atom. The summed E-state index contributed by atoms with van der Waals surface area (Å²) in [6, 6.07) is 12.0. The van der Waals surface area contributed by atoms with E-state index < -0.39 is 17.7 Å². The summed E-state index contributed by atoms with van der Waals surface area (Å²) in [5, 5.41) is 17.7. The highest BCUT2D eigenvalue weighted by atomic mass is 16.3. The fraction of sp³-hybridized carbons (Fsp3) is 0.459. The highest BCUT2D eigenvalue weighted by Crippen LogP contribution is 2.40. The molecule has 46 heavy (non-hydrogen) atoms. The zero-order chi connectivity index (χ0) is 33.5. The van der Waals surface area contributed by atoms with Gasteiger partial charge in [0, 0.05) is 30.4 Å². The molecule has 2 aromatic carbocycles. The van der Waals surface area contributed by atoms with Crippen molar-refractivity contribution in [2.75, 3.05) is 29.4 Å². The Bertz CT molecular complexity index is 1490. The van der Waals surface area contributed by atoms with Gasteiger partial charge in [0.1, 0.15) is 11.6 Å². The molecule has 0 unspecified atom stereocenters. The first-order valence-corrected chi connectivity index (χ1v) is 16.8. The van der Waals surface area contributed by atoms with Crippen molar-refractivity contribution in [3.63, 3.8) is 0 Å². The van der Waals surface area contributed by atoms with Crippen molar-refractivity contribution in [1.29, 1.82) is 0 Å². The smallest absolute Gasteiger partial charge is 0.320 e. The van der Waals surface area contributed by atoms with Crippen LogP contribution in [0.4, 0.5) is 17.2 Å². The molecule has 0 fully saturated rings. The van der Waals surface area contributed by atoms with E-state index in [9.17, 15) is 19.5 Å². The van der Waals surface area contributed by atoms with Crippen molar-refractivity contribution >= 4 is 45.7 Å². The maximum atomic E-state index is 13.8. The van der Waals surface area contributed by atoms with Gasteiger partial charge in [-0.3, -0.25) is 19.3 Å². The lowest BCUT2D eigenvalue weighted by Gasteiger charge is -2.27. The second kappa shape index (κ2) is 18.5. The second-order valence-electron chi connectivity index (χ2n) is 11.5. The molecule has 0 spiro atoms. The molecular formula is C37H51N5O4. The van der Waals surface area contributed by atoms with Gasteiger partial charge in [0.25, 0.3) is 5.91 Å². The Kier molecular flexibility index (Phi) is 14.5. The number of anilines is 3. The highest BCUT2D eigenvalue weighted by molar-refractivity contribution is 6.43. The molecule has 0 bridgehead atoms. The summed E-state index contributed by atoms with van der Waals surface area (Å²) in [6.45, 7) is 12.9. The van der Waals surface area contributed by atoms with Crippen molar-refractivity contribution < 1.29 is 19.5 Å². The minimum absolute atomic E-state index is 0.0283. The van der Waals surface area contributed by atoms with Crippen LogP contribution in [0.1, 0.15) is 101 Å². The number of amides is 3. The molecule has 3 rings (SSSR count). The Morgan fingerprint density at radius 1 is 0.848 bits per heavy atom. The van der Waals surface area contributed by atoms with Crippen molar-refractivity contribution in [3.8, 4) is 5.75 Å². The van der Waals surface area contributed by atoms with E-state index >= 15 is 0 Å². The fourth-order valence-electron chi connectivity index (χ4n) is 5.62. The maximum Gasteiger partial charge on any atom is 0.320 e. The number of nitrogens with one attached hydrogen (secondary N) is 2. The maximum absolute atomic E-state index is 13.8. The number of likely N-dealkylation sites (N-methyl/N-ethyl adjacent to an activating group) is 1. The molecule has 0 atom stereocenters. The number of carbonyl (C=O) groups is 3. The van der Waals surface area contributed by atoms with Crippen LogP contribution in [0, 0.1) is 6.92 Å². The summed E-state index contributed by atoms with van der Waals surface area (Å²) in [7, 11) is 0. The van der Waals surface area contributed by atoms with Crippen LogP contribution in [0.15, 0.2) is 55.2 Å². The van der Waals surface area contributed by atoms with E-state index in [1.807, 2.05) is 11.8 Å². The first kappa shape index (κ1) is 36.1. The van der Waals surface area contributed by atoms with Crippen molar-refractivity contribution in [1.82, 2.24) is 15.6 Å². The third-order valence-electron chi connectivity index (χ3n) is 8.17. The van der Waals surface area contributed by atoms with E-state index in [1.54, 1.807) is 56.4 Å². The predicted octanol–water partition coefficient (Wildman–Crippen LogP) is 7.67. The van der Waals surface area contributed by atoms with E-state index in [2.05, 4.69) is 24.1 Å². The Hall–Kier alpha value is -4.40. The van der Waals surface area contributed by atoms with Crippen LogP contribution >= 0.6 is 0 Å². The van der Waals surface area contributed by atoms with Gasteiger partial charge in [0.2, 0.25) is 0 Å². The van der Waals surface area contributed by atoms with Gasteiger partial charge in [-0.1, -0.05) is 95.6 Å². The molecule has 0 aliphatic rings. The van der Waals surface area contributed by atoms with Gasteiger partial charge in [-0.2, -0.15) is 0 Å². The van der Waals surface area contributed by atoms with Gasteiger partial charge in [0.05, 0.1) is 22.6 Å². The van der Waals surface area contributed by atoms with E-state index in [-0.39, 0.29) is 17.9 Å². The number of nitrogens with zero attached hydrogens (tertiary/aromatic N) is 3. The van der Waals surface area contributed by atoms with Crippen LogP contribution < -0.4 is 20.4 Å². The van der Waals surface area contributed by atoms with Crippen molar-refractivity contribution in [2.45, 2.75) is 91.9 Å². The summed E-state index contributed by atoms with van der Waals surface area (Å²) < 4.78 is 0. The van der Waals surface area contributed by atoms with Crippen LogP contribution in [0.25, 0.3) is 10.8 Å². The molecule has 9 heteroatoms. The molecule has 248 valence electrons. The fourth-order valence-corrected chi connectivity index (χ4v) is 5.62. The van der Waals surface area contributed by atoms with Gasteiger partial charge in [-0.15, -0.1) is 0 Å². The van der Waals surface area contributed by atoms with Crippen LogP contribution in [-0.4, -0.2) is 47.4 Å². The molecule has 0 radical (unpaired) electrons. The van der Waals surface area contributed by atoms with Crippen LogP contribution in [0.2, 0.25) is 0 Å². The number of fused-ring (bicyclic) bond motifs is 1. The zero-order valence-corrected chi connectivity index (χ0v) is 28.0. The minimum Gasteiger partial charge on any atom is -0.506 e. The summed E-state index contributed by atoms with van der Waals surface area (Å²) in [6.07, 6.45) is 13.6. The lowest BCUT2D eigenvalue weighted by Crippen LogP contribution is -2.41. The molecule has 0 saturated carbocycles. The second-order valence-corrected chi connectivity index (χ2v) is 11.5.